The van der Waals surface area contributed by atoms with Gasteiger partial charge in [0.05, 0.1) is 0 Å². The van der Waals surface area contributed by atoms with E-state index in [1.54, 1.807) is 6.07 Å². The molecule has 0 heterocycles. The first-order valence-electron chi connectivity index (χ1n) is 3.42. The predicted octanol–water partition coefficient (Wildman–Crippen LogP) is 1.27. The second-order valence-electron chi connectivity index (χ2n) is 2.41. The number of carbonyl (C=O) groups is 1. The molecule has 0 aliphatic carbocycles. The number of phenolic OH excluding ortho intramolecular Hbond substituents is 1. The van der Waals surface area contributed by atoms with Crippen molar-refractivity contribution in [3.63, 3.8) is 0 Å². The summed E-state index contributed by atoms with van der Waals surface area (Å²) in [5, 5.41) is 26.9. The number of benzene rings is 1. The van der Waals surface area contributed by atoms with Crippen molar-refractivity contribution in [2.24, 2.45) is 0 Å². The average Bonchev–Trinajstić information content (AvgIpc) is 2.03. The van der Waals surface area contributed by atoms with Crippen LogP contribution < -0.4 is 0 Å². The van der Waals surface area contributed by atoms with Crippen molar-refractivity contribution in [1.29, 1.82) is 0 Å². The van der Waals surface area contributed by atoms with Gasteiger partial charge in [0.1, 0.15) is 5.75 Å². The zero-order chi connectivity index (χ0) is 10.0. The molecule has 13 heavy (non-hydrogen) atoms. The van der Waals surface area contributed by atoms with Gasteiger partial charge < -0.3 is 15.3 Å². The third kappa shape index (κ3) is 1.99. The van der Waals surface area contributed by atoms with Crippen molar-refractivity contribution in [2.75, 3.05) is 0 Å². The van der Waals surface area contributed by atoms with E-state index >= 15 is 0 Å². The molecule has 0 fully saturated rings. The molecular formula is C8H7BrO4. The van der Waals surface area contributed by atoms with Crippen molar-refractivity contribution in [3.8, 4) is 5.75 Å². The van der Waals surface area contributed by atoms with Crippen LogP contribution >= 0.6 is 15.9 Å². The van der Waals surface area contributed by atoms with Gasteiger partial charge in [0.25, 0.3) is 0 Å². The SMILES string of the molecule is O=C(O)C(O)c1c(O)cccc1Br. The van der Waals surface area contributed by atoms with Crippen LogP contribution in [0.3, 0.4) is 0 Å². The number of hydrogen-bond donors (Lipinski definition) is 3. The Hall–Kier alpha value is -1.07. The molecule has 0 aliphatic heterocycles. The zero-order valence-corrected chi connectivity index (χ0v) is 8.02. The van der Waals surface area contributed by atoms with Gasteiger partial charge in [-0.2, -0.15) is 0 Å². The fourth-order valence-corrected chi connectivity index (χ4v) is 1.49. The van der Waals surface area contributed by atoms with Crippen LogP contribution in [0.1, 0.15) is 11.7 Å². The van der Waals surface area contributed by atoms with Gasteiger partial charge in [-0.25, -0.2) is 4.79 Å². The second-order valence-corrected chi connectivity index (χ2v) is 3.27. The summed E-state index contributed by atoms with van der Waals surface area (Å²) < 4.78 is 0.363. The summed E-state index contributed by atoms with van der Waals surface area (Å²) in [7, 11) is 0. The lowest BCUT2D eigenvalue weighted by Crippen LogP contribution is -2.11. The van der Waals surface area contributed by atoms with E-state index < -0.39 is 12.1 Å². The summed E-state index contributed by atoms with van der Waals surface area (Å²) in [6.45, 7) is 0. The van der Waals surface area contributed by atoms with Gasteiger partial charge in [-0.1, -0.05) is 22.0 Å². The lowest BCUT2D eigenvalue weighted by atomic mass is 10.1. The van der Waals surface area contributed by atoms with Crippen LogP contribution in [-0.2, 0) is 4.79 Å². The quantitative estimate of drug-likeness (QED) is 0.735. The van der Waals surface area contributed by atoms with Gasteiger partial charge in [-0.05, 0) is 12.1 Å². The van der Waals surface area contributed by atoms with Crippen LogP contribution in [0.5, 0.6) is 5.75 Å². The van der Waals surface area contributed by atoms with Gasteiger partial charge in [0, 0.05) is 10.0 Å². The molecule has 0 aliphatic rings. The summed E-state index contributed by atoms with van der Waals surface area (Å²) in [6, 6.07) is 4.39. The number of hydrogen-bond acceptors (Lipinski definition) is 3. The van der Waals surface area contributed by atoms with Crippen LogP contribution in [0.15, 0.2) is 22.7 Å². The highest BCUT2D eigenvalue weighted by molar-refractivity contribution is 9.10. The molecule has 1 rings (SSSR count). The van der Waals surface area contributed by atoms with Crippen LogP contribution in [0.2, 0.25) is 0 Å². The molecule has 0 amide bonds. The van der Waals surface area contributed by atoms with Crippen LogP contribution in [0, 0.1) is 0 Å². The molecule has 0 radical (unpaired) electrons. The highest BCUT2D eigenvalue weighted by Crippen LogP contribution is 2.31. The van der Waals surface area contributed by atoms with E-state index in [1.807, 2.05) is 0 Å². The van der Waals surface area contributed by atoms with E-state index in [9.17, 15) is 9.90 Å². The topological polar surface area (TPSA) is 77.8 Å². The number of carboxylic acids is 1. The number of aromatic hydroxyl groups is 1. The van der Waals surface area contributed by atoms with E-state index in [0.717, 1.165) is 0 Å². The Labute approximate surface area is 82.6 Å². The minimum atomic E-state index is -1.71. The molecule has 1 atom stereocenters. The van der Waals surface area contributed by atoms with Crippen molar-refractivity contribution >= 4 is 21.9 Å². The van der Waals surface area contributed by atoms with Gasteiger partial charge >= 0.3 is 5.97 Å². The zero-order valence-electron chi connectivity index (χ0n) is 6.44. The van der Waals surface area contributed by atoms with Gasteiger partial charge in [0.15, 0.2) is 6.10 Å². The minimum absolute atomic E-state index is 0.0324. The fraction of sp³-hybridized carbons (Fsp3) is 0.125. The molecule has 4 nitrogen and oxygen atoms in total. The first-order valence-corrected chi connectivity index (χ1v) is 4.21. The molecule has 0 spiro atoms. The average molecular weight is 247 g/mol. The van der Waals surface area contributed by atoms with Gasteiger partial charge in [-0.3, -0.25) is 0 Å². The molecule has 70 valence electrons. The molecule has 0 saturated carbocycles. The maximum atomic E-state index is 10.4. The fourth-order valence-electron chi connectivity index (χ4n) is 0.920. The Morgan fingerprint density at radius 3 is 2.54 bits per heavy atom. The molecule has 1 aromatic carbocycles. The number of rotatable bonds is 2. The molecular weight excluding hydrogens is 240 g/mol. The number of aliphatic carboxylic acids is 1. The van der Waals surface area contributed by atoms with E-state index in [4.69, 9.17) is 10.2 Å². The summed E-state index contributed by atoms with van der Waals surface area (Å²) in [5.41, 5.74) is -0.0324. The van der Waals surface area contributed by atoms with Crippen LogP contribution in [0.25, 0.3) is 0 Å². The van der Waals surface area contributed by atoms with Crippen molar-refractivity contribution < 1.29 is 20.1 Å². The molecule has 5 heteroatoms. The monoisotopic (exact) mass is 246 g/mol. The van der Waals surface area contributed by atoms with Gasteiger partial charge in [-0.15, -0.1) is 0 Å². The highest BCUT2D eigenvalue weighted by atomic mass is 79.9. The summed E-state index contributed by atoms with van der Waals surface area (Å²) in [5.74, 6) is -1.65. The van der Waals surface area contributed by atoms with Crippen molar-refractivity contribution in [2.45, 2.75) is 6.10 Å². The van der Waals surface area contributed by atoms with E-state index in [1.165, 1.54) is 12.1 Å². The summed E-state index contributed by atoms with van der Waals surface area (Å²) >= 11 is 3.03. The summed E-state index contributed by atoms with van der Waals surface area (Å²) in [6.07, 6.45) is -1.71. The molecule has 0 bridgehead atoms. The van der Waals surface area contributed by atoms with E-state index in [0.29, 0.717) is 4.47 Å². The molecule has 0 aromatic heterocycles. The first kappa shape index (κ1) is 10.0. The number of carboxylic acid groups (broad SMARTS) is 1. The molecule has 0 saturated heterocycles. The molecule has 1 unspecified atom stereocenters. The molecule has 1 aromatic rings. The van der Waals surface area contributed by atoms with Crippen LogP contribution in [0.4, 0.5) is 0 Å². The number of aliphatic hydroxyl groups excluding tert-OH is 1. The van der Waals surface area contributed by atoms with Crippen molar-refractivity contribution in [3.05, 3.63) is 28.2 Å². The lowest BCUT2D eigenvalue weighted by Gasteiger charge is -2.09. The van der Waals surface area contributed by atoms with E-state index in [-0.39, 0.29) is 11.3 Å². The Morgan fingerprint density at radius 1 is 1.46 bits per heavy atom. The predicted molar refractivity (Wildman–Crippen MR) is 48.4 cm³/mol. The Kier molecular flexibility index (Phi) is 2.90. The third-order valence-corrected chi connectivity index (χ3v) is 2.23. The number of phenols is 1. The number of halogens is 1. The summed E-state index contributed by atoms with van der Waals surface area (Å²) in [4.78, 5) is 10.4. The maximum absolute atomic E-state index is 10.4. The Bertz CT molecular complexity index is 317. The van der Waals surface area contributed by atoms with Crippen LogP contribution in [-0.4, -0.2) is 21.3 Å². The smallest absolute Gasteiger partial charge is 0.337 e. The largest absolute Gasteiger partial charge is 0.508 e. The lowest BCUT2D eigenvalue weighted by molar-refractivity contribution is -0.147. The second kappa shape index (κ2) is 3.76. The van der Waals surface area contributed by atoms with Crippen molar-refractivity contribution in [1.82, 2.24) is 0 Å². The Morgan fingerprint density at radius 2 is 2.08 bits per heavy atom. The van der Waals surface area contributed by atoms with E-state index in [2.05, 4.69) is 15.9 Å². The Balaban J connectivity index is 3.20. The maximum Gasteiger partial charge on any atom is 0.337 e. The third-order valence-electron chi connectivity index (χ3n) is 1.54. The van der Waals surface area contributed by atoms with Gasteiger partial charge in [0.2, 0.25) is 0 Å². The number of aliphatic hydroxyl groups is 1. The minimum Gasteiger partial charge on any atom is -0.508 e. The first-order chi connectivity index (χ1) is 6.04. The standard InChI is InChI=1S/C8H7BrO4/c9-4-2-1-3-5(10)6(4)7(11)8(12)13/h1-3,7,10-11H,(H,12,13). The highest BCUT2D eigenvalue weighted by Gasteiger charge is 2.21. The molecule has 3 N–H and O–H groups in total. The normalized spacial score (nSPS) is 12.5.